The number of nitrogens with one attached hydrogen (secondary N) is 2. The van der Waals surface area contributed by atoms with Crippen molar-refractivity contribution >= 4 is 34.3 Å². The van der Waals surface area contributed by atoms with Gasteiger partial charge in [0.2, 0.25) is 5.95 Å². The Kier molecular flexibility index (Phi) is 3.00. The van der Waals surface area contributed by atoms with E-state index in [1.807, 2.05) is 6.20 Å². The minimum absolute atomic E-state index is 0.204. The van der Waals surface area contributed by atoms with Gasteiger partial charge in [0.05, 0.1) is 12.9 Å². The van der Waals surface area contributed by atoms with Crippen LogP contribution in [0.3, 0.4) is 0 Å². The maximum Gasteiger partial charge on any atom is 0.224 e. The molecule has 0 aliphatic rings. The lowest BCUT2D eigenvalue weighted by molar-refractivity contribution is 1.07. The Morgan fingerprint density at radius 2 is 2.26 bits per heavy atom. The molecule has 3 aromatic heterocycles. The molecule has 3 aromatic rings. The van der Waals surface area contributed by atoms with E-state index < -0.39 is 0 Å². The molecule has 0 bridgehead atoms. The number of imidazole rings is 1. The predicted molar refractivity (Wildman–Crippen MR) is 74.9 cm³/mol. The Bertz CT molecular complexity index is 702. The Labute approximate surface area is 113 Å². The minimum atomic E-state index is 0.204. The number of nitrogens with zero attached hydrogens (tertiary/aromatic N) is 4. The first-order valence-corrected chi connectivity index (χ1v) is 6.72. The van der Waals surface area contributed by atoms with Gasteiger partial charge in [0.1, 0.15) is 10.5 Å². The molecule has 0 fully saturated rings. The average Bonchev–Trinajstić information content (AvgIpc) is 3.03. The molecule has 0 spiro atoms. The fraction of sp³-hybridized carbons (Fsp3) is 0.273. The van der Waals surface area contributed by atoms with Gasteiger partial charge in [-0.25, -0.2) is 9.97 Å². The summed E-state index contributed by atoms with van der Waals surface area (Å²) < 4.78 is 0. The fourth-order valence-electron chi connectivity index (χ4n) is 1.73. The van der Waals surface area contributed by atoms with Crippen molar-refractivity contribution in [3.63, 3.8) is 0 Å². The molecule has 0 atom stereocenters. The summed E-state index contributed by atoms with van der Waals surface area (Å²) in [7, 11) is 0. The van der Waals surface area contributed by atoms with E-state index in [1.54, 1.807) is 17.7 Å². The van der Waals surface area contributed by atoms with E-state index in [4.69, 9.17) is 5.73 Å². The molecule has 0 radical (unpaired) electrons. The van der Waals surface area contributed by atoms with Crippen LogP contribution in [0.2, 0.25) is 0 Å². The monoisotopic (exact) mass is 275 g/mol. The van der Waals surface area contributed by atoms with Gasteiger partial charge in [0.15, 0.2) is 11.5 Å². The number of aromatic amines is 1. The lowest BCUT2D eigenvalue weighted by Crippen LogP contribution is -2.05. The van der Waals surface area contributed by atoms with E-state index in [9.17, 15) is 0 Å². The van der Waals surface area contributed by atoms with Crippen molar-refractivity contribution in [3.8, 4) is 0 Å². The smallest absolute Gasteiger partial charge is 0.224 e. The molecule has 0 aromatic carbocycles. The number of nitrogens with two attached hydrogens (primary N) is 1. The molecule has 8 heteroatoms. The van der Waals surface area contributed by atoms with Gasteiger partial charge < -0.3 is 16.0 Å². The molecule has 0 unspecified atom stereocenters. The molecule has 0 saturated carbocycles. The summed E-state index contributed by atoms with van der Waals surface area (Å²) in [5, 5.41) is 4.23. The summed E-state index contributed by atoms with van der Waals surface area (Å²) in [6.45, 7) is 2.72. The molecule has 19 heavy (non-hydrogen) atoms. The van der Waals surface area contributed by atoms with E-state index in [0.717, 1.165) is 16.9 Å². The largest absolute Gasteiger partial charge is 0.368 e. The van der Waals surface area contributed by atoms with Crippen molar-refractivity contribution in [1.29, 1.82) is 0 Å². The quantitative estimate of drug-likeness (QED) is 0.667. The maximum absolute atomic E-state index is 5.65. The van der Waals surface area contributed by atoms with Crippen molar-refractivity contribution < 1.29 is 0 Å². The number of aromatic nitrogens is 5. The van der Waals surface area contributed by atoms with Crippen LogP contribution in [0.5, 0.6) is 0 Å². The normalized spacial score (nSPS) is 11.0. The van der Waals surface area contributed by atoms with Crippen molar-refractivity contribution in [3.05, 3.63) is 22.4 Å². The van der Waals surface area contributed by atoms with Crippen LogP contribution in [-0.4, -0.2) is 24.9 Å². The summed E-state index contributed by atoms with van der Waals surface area (Å²) in [5.74, 6) is 0.851. The molecular weight excluding hydrogens is 262 g/mol. The minimum Gasteiger partial charge on any atom is -0.368 e. The van der Waals surface area contributed by atoms with Crippen LogP contribution in [0.1, 0.15) is 16.8 Å². The van der Waals surface area contributed by atoms with Crippen LogP contribution in [0.4, 0.5) is 11.8 Å². The van der Waals surface area contributed by atoms with E-state index in [1.165, 1.54) is 4.88 Å². The summed E-state index contributed by atoms with van der Waals surface area (Å²) in [5.41, 5.74) is 6.96. The number of hydrogen-bond acceptors (Lipinski definition) is 7. The second-order valence-electron chi connectivity index (χ2n) is 3.96. The summed E-state index contributed by atoms with van der Waals surface area (Å²) in [4.78, 5) is 20.9. The topological polar surface area (TPSA) is 105 Å². The van der Waals surface area contributed by atoms with Gasteiger partial charge in [0, 0.05) is 11.1 Å². The van der Waals surface area contributed by atoms with Gasteiger partial charge in [0.25, 0.3) is 0 Å². The van der Waals surface area contributed by atoms with Gasteiger partial charge >= 0.3 is 0 Å². The highest BCUT2D eigenvalue weighted by atomic mass is 32.1. The SMILES string of the molecule is CCc1cnc(CNc2nc(N)nc3nc[nH]c23)s1. The van der Waals surface area contributed by atoms with Crippen LogP contribution in [0.25, 0.3) is 11.2 Å². The average molecular weight is 275 g/mol. The Morgan fingerprint density at radius 1 is 1.37 bits per heavy atom. The number of hydrogen-bond donors (Lipinski definition) is 3. The number of aryl methyl sites for hydroxylation is 1. The highest BCUT2D eigenvalue weighted by molar-refractivity contribution is 7.11. The van der Waals surface area contributed by atoms with E-state index in [-0.39, 0.29) is 5.95 Å². The van der Waals surface area contributed by atoms with Crippen LogP contribution in [-0.2, 0) is 13.0 Å². The highest BCUT2D eigenvalue weighted by Crippen LogP contribution is 2.19. The number of fused-ring (bicyclic) bond motifs is 1. The van der Waals surface area contributed by atoms with Crippen molar-refractivity contribution in [2.45, 2.75) is 19.9 Å². The number of thiazole rings is 1. The Balaban J connectivity index is 1.83. The van der Waals surface area contributed by atoms with Crippen molar-refractivity contribution in [1.82, 2.24) is 24.9 Å². The second kappa shape index (κ2) is 4.81. The maximum atomic E-state index is 5.65. The van der Waals surface area contributed by atoms with E-state index in [0.29, 0.717) is 18.0 Å². The molecule has 98 valence electrons. The third kappa shape index (κ3) is 2.34. The Hall–Kier alpha value is -2.22. The third-order valence-electron chi connectivity index (χ3n) is 2.66. The number of nitrogen functional groups attached to an aromatic ring is 1. The zero-order chi connectivity index (χ0) is 13.2. The van der Waals surface area contributed by atoms with Gasteiger partial charge in [-0.15, -0.1) is 11.3 Å². The molecule has 0 amide bonds. The second-order valence-corrected chi connectivity index (χ2v) is 5.16. The number of rotatable bonds is 4. The number of anilines is 2. The molecule has 3 rings (SSSR count). The molecule has 0 aliphatic heterocycles. The highest BCUT2D eigenvalue weighted by Gasteiger charge is 2.09. The van der Waals surface area contributed by atoms with Gasteiger partial charge in [-0.05, 0) is 6.42 Å². The zero-order valence-electron chi connectivity index (χ0n) is 10.3. The summed E-state index contributed by atoms with van der Waals surface area (Å²) in [6, 6.07) is 0. The fourth-order valence-corrected chi connectivity index (χ4v) is 2.53. The first kappa shape index (κ1) is 11.8. The Morgan fingerprint density at radius 3 is 3.05 bits per heavy atom. The van der Waals surface area contributed by atoms with Crippen LogP contribution >= 0.6 is 11.3 Å². The lowest BCUT2D eigenvalue weighted by Gasteiger charge is -2.04. The van der Waals surface area contributed by atoms with Crippen LogP contribution < -0.4 is 11.1 Å². The van der Waals surface area contributed by atoms with Gasteiger partial charge in [-0.3, -0.25) is 0 Å². The third-order valence-corrected chi connectivity index (χ3v) is 3.80. The molecular formula is C11H13N7S. The molecule has 7 nitrogen and oxygen atoms in total. The van der Waals surface area contributed by atoms with E-state index in [2.05, 4.69) is 37.2 Å². The summed E-state index contributed by atoms with van der Waals surface area (Å²) in [6.07, 6.45) is 4.48. The molecule has 3 heterocycles. The van der Waals surface area contributed by atoms with Crippen molar-refractivity contribution in [2.75, 3.05) is 11.1 Å². The molecule has 0 aliphatic carbocycles. The summed E-state index contributed by atoms with van der Waals surface area (Å²) >= 11 is 1.69. The molecule has 4 N–H and O–H groups in total. The van der Waals surface area contributed by atoms with Gasteiger partial charge in [-0.2, -0.15) is 9.97 Å². The molecule has 0 saturated heterocycles. The first-order chi connectivity index (χ1) is 9.26. The van der Waals surface area contributed by atoms with Crippen LogP contribution in [0.15, 0.2) is 12.5 Å². The lowest BCUT2D eigenvalue weighted by atomic mass is 10.4. The zero-order valence-corrected chi connectivity index (χ0v) is 11.2. The van der Waals surface area contributed by atoms with Crippen LogP contribution in [0, 0.1) is 0 Å². The van der Waals surface area contributed by atoms with Crippen molar-refractivity contribution in [2.24, 2.45) is 0 Å². The first-order valence-electron chi connectivity index (χ1n) is 5.90. The predicted octanol–water partition coefficient (Wildman–Crippen LogP) is 1.57. The number of H-pyrrole nitrogens is 1. The van der Waals surface area contributed by atoms with Gasteiger partial charge in [-0.1, -0.05) is 6.92 Å². The van der Waals surface area contributed by atoms with E-state index >= 15 is 0 Å². The standard InChI is InChI=1S/C11H13N7S/c1-2-6-3-13-7(19-6)4-14-9-8-10(16-5-15-8)18-11(12)17-9/h3,5H,2,4H2,1H3,(H4,12,14,15,16,17,18).